The smallest absolute Gasteiger partial charge is 0.264 e. The maximum absolute atomic E-state index is 13.1. The molecule has 0 unspecified atom stereocenters. The Bertz CT molecular complexity index is 888. The largest absolute Gasteiger partial charge is 0.491 e. The Hall–Kier alpha value is -2.38. The van der Waals surface area contributed by atoms with Crippen molar-refractivity contribution in [2.75, 3.05) is 32.9 Å². The van der Waals surface area contributed by atoms with Crippen LogP contribution in [0.5, 0.6) is 5.75 Å². The van der Waals surface area contributed by atoms with E-state index >= 15 is 0 Å². The minimum atomic E-state index is -0.0557. The number of amides is 2. The van der Waals surface area contributed by atoms with Crippen molar-refractivity contribution in [2.45, 2.75) is 26.4 Å². The maximum Gasteiger partial charge on any atom is 0.264 e. The first-order chi connectivity index (χ1) is 13.5. The van der Waals surface area contributed by atoms with Crippen LogP contribution in [0.4, 0.5) is 0 Å². The van der Waals surface area contributed by atoms with Crippen molar-refractivity contribution in [3.63, 3.8) is 0 Å². The van der Waals surface area contributed by atoms with Gasteiger partial charge in [-0.15, -0.1) is 11.3 Å². The molecule has 1 aromatic heterocycles. The normalized spacial score (nSPS) is 19.6. The maximum atomic E-state index is 13.1. The molecule has 2 amide bonds. The molecule has 2 aliphatic rings. The predicted octanol–water partition coefficient (Wildman–Crippen LogP) is 2.95. The van der Waals surface area contributed by atoms with E-state index in [0.29, 0.717) is 45.0 Å². The number of rotatable bonds is 2. The van der Waals surface area contributed by atoms with Gasteiger partial charge in [-0.1, -0.05) is 0 Å². The molecule has 28 heavy (non-hydrogen) atoms. The van der Waals surface area contributed by atoms with Crippen LogP contribution in [0.15, 0.2) is 29.6 Å². The van der Waals surface area contributed by atoms with E-state index in [-0.39, 0.29) is 17.9 Å². The SMILES string of the molecule is Cc1ccsc1C(=O)N1Cc2cc(C(=O)N3CCOCC3)ccc2OC[C@@H]1C. The zero-order chi connectivity index (χ0) is 19.7. The Morgan fingerprint density at radius 1 is 1.14 bits per heavy atom. The number of hydrogen-bond acceptors (Lipinski definition) is 5. The van der Waals surface area contributed by atoms with Gasteiger partial charge in [0.05, 0.1) is 30.7 Å². The standard InChI is InChI=1S/C21H24N2O4S/c1-14-5-10-28-19(14)21(25)23-12-17-11-16(3-4-18(17)27-13-15(23)2)20(24)22-6-8-26-9-7-22/h3-5,10-11,15H,6-9,12-13H2,1-2H3/t15-/m0/s1. The Balaban J connectivity index is 1.60. The summed E-state index contributed by atoms with van der Waals surface area (Å²) >= 11 is 1.46. The Kier molecular flexibility index (Phi) is 5.37. The summed E-state index contributed by atoms with van der Waals surface area (Å²) in [6.45, 7) is 7.15. The van der Waals surface area contributed by atoms with Gasteiger partial charge in [0, 0.05) is 24.2 Å². The lowest BCUT2D eigenvalue weighted by Crippen LogP contribution is -2.41. The summed E-state index contributed by atoms with van der Waals surface area (Å²) in [5, 5.41) is 1.94. The third-order valence-electron chi connectivity index (χ3n) is 5.28. The van der Waals surface area contributed by atoms with Crippen LogP contribution in [0.2, 0.25) is 0 Å². The molecule has 2 aliphatic heterocycles. The van der Waals surface area contributed by atoms with E-state index in [2.05, 4.69) is 0 Å². The van der Waals surface area contributed by atoms with E-state index in [9.17, 15) is 9.59 Å². The number of nitrogens with zero attached hydrogens (tertiary/aromatic N) is 2. The fourth-order valence-electron chi connectivity index (χ4n) is 3.56. The molecule has 4 rings (SSSR count). The van der Waals surface area contributed by atoms with Crippen LogP contribution < -0.4 is 4.74 Å². The first kappa shape index (κ1) is 19.0. The number of carbonyl (C=O) groups excluding carboxylic acids is 2. The van der Waals surface area contributed by atoms with Crippen molar-refractivity contribution in [1.29, 1.82) is 0 Å². The second-order valence-electron chi connectivity index (χ2n) is 7.25. The van der Waals surface area contributed by atoms with E-state index in [4.69, 9.17) is 9.47 Å². The minimum Gasteiger partial charge on any atom is -0.491 e. The van der Waals surface area contributed by atoms with Gasteiger partial charge in [0.15, 0.2) is 0 Å². The molecule has 0 saturated carbocycles. The molecule has 0 bridgehead atoms. The lowest BCUT2D eigenvalue weighted by atomic mass is 10.1. The number of thiophene rings is 1. The van der Waals surface area contributed by atoms with Crippen molar-refractivity contribution in [1.82, 2.24) is 9.80 Å². The highest BCUT2D eigenvalue weighted by Gasteiger charge is 2.29. The molecule has 0 spiro atoms. The van der Waals surface area contributed by atoms with E-state index in [1.54, 1.807) is 0 Å². The summed E-state index contributed by atoms with van der Waals surface area (Å²) in [5.74, 6) is 0.750. The van der Waals surface area contributed by atoms with Gasteiger partial charge < -0.3 is 19.3 Å². The average Bonchev–Trinajstić information content (AvgIpc) is 3.08. The first-order valence-electron chi connectivity index (χ1n) is 9.52. The lowest BCUT2D eigenvalue weighted by Gasteiger charge is -2.27. The molecule has 1 fully saturated rings. The van der Waals surface area contributed by atoms with Crippen molar-refractivity contribution in [2.24, 2.45) is 0 Å². The zero-order valence-corrected chi connectivity index (χ0v) is 17.0. The summed E-state index contributed by atoms with van der Waals surface area (Å²) in [5.41, 5.74) is 2.48. The number of carbonyl (C=O) groups is 2. The topological polar surface area (TPSA) is 59.1 Å². The number of fused-ring (bicyclic) bond motifs is 1. The number of ether oxygens (including phenoxy) is 2. The van der Waals surface area contributed by atoms with Crippen LogP contribution in [0.3, 0.4) is 0 Å². The second kappa shape index (κ2) is 7.93. The first-order valence-corrected chi connectivity index (χ1v) is 10.4. The summed E-state index contributed by atoms with van der Waals surface area (Å²) in [6.07, 6.45) is 0. The monoisotopic (exact) mass is 400 g/mol. The summed E-state index contributed by atoms with van der Waals surface area (Å²) in [4.78, 5) is 30.4. The van der Waals surface area contributed by atoms with E-state index < -0.39 is 0 Å². The van der Waals surface area contributed by atoms with Crippen LogP contribution in [0.1, 0.15) is 38.1 Å². The van der Waals surface area contributed by atoms with Gasteiger partial charge in [-0.05, 0) is 49.1 Å². The molecule has 1 aromatic carbocycles. The summed E-state index contributed by atoms with van der Waals surface area (Å²) < 4.78 is 11.3. The third kappa shape index (κ3) is 3.64. The van der Waals surface area contributed by atoms with E-state index in [0.717, 1.165) is 21.8 Å². The van der Waals surface area contributed by atoms with Gasteiger partial charge in [-0.25, -0.2) is 0 Å². The van der Waals surface area contributed by atoms with E-state index in [1.807, 2.05) is 53.3 Å². The minimum absolute atomic E-state index is 0.00428. The number of hydrogen-bond donors (Lipinski definition) is 0. The predicted molar refractivity (Wildman–Crippen MR) is 107 cm³/mol. The lowest BCUT2D eigenvalue weighted by molar-refractivity contribution is 0.0303. The molecule has 148 valence electrons. The molecule has 7 heteroatoms. The van der Waals surface area contributed by atoms with Crippen molar-refractivity contribution in [3.8, 4) is 5.75 Å². The van der Waals surface area contributed by atoms with E-state index in [1.165, 1.54) is 11.3 Å². The highest BCUT2D eigenvalue weighted by molar-refractivity contribution is 7.12. The third-order valence-corrected chi connectivity index (χ3v) is 6.28. The molecule has 1 atom stereocenters. The Labute approximate surface area is 168 Å². The highest BCUT2D eigenvalue weighted by atomic mass is 32.1. The molecule has 6 nitrogen and oxygen atoms in total. The van der Waals surface area contributed by atoms with Crippen LogP contribution >= 0.6 is 11.3 Å². The summed E-state index contributed by atoms with van der Waals surface area (Å²) in [6, 6.07) is 7.43. The van der Waals surface area contributed by atoms with Crippen LogP contribution in [0, 0.1) is 6.92 Å². The molecular formula is C21H24N2O4S. The molecule has 0 aliphatic carbocycles. The Morgan fingerprint density at radius 2 is 1.93 bits per heavy atom. The van der Waals surface area contributed by atoms with Crippen LogP contribution in [-0.4, -0.2) is 60.6 Å². The molecule has 2 aromatic rings. The second-order valence-corrected chi connectivity index (χ2v) is 8.17. The van der Waals surface area contributed by atoms with Gasteiger partial charge in [0.1, 0.15) is 12.4 Å². The van der Waals surface area contributed by atoms with Crippen LogP contribution in [-0.2, 0) is 11.3 Å². The molecule has 0 radical (unpaired) electrons. The quantitative estimate of drug-likeness (QED) is 0.778. The molecule has 0 N–H and O–H groups in total. The van der Waals surface area contributed by atoms with Crippen molar-refractivity contribution >= 4 is 23.2 Å². The Morgan fingerprint density at radius 3 is 2.64 bits per heavy atom. The number of morpholine rings is 1. The number of aryl methyl sites for hydroxylation is 1. The zero-order valence-electron chi connectivity index (χ0n) is 16.1. The average molecular weight is 401 g/mol. The van der Waals surface area contributed by atoms with Gasteiger partial charge in [-0.2, -0.15) is 0 Å². The van der Waals surface area contributed by atoms with Gasteiger partial charge in [0.25, 0.3) is 11.8 Å². The van der Waals surface area contributed by atoms with Crippen molar-refractivity contribution in [3.05, 3.63) is 51.2 Å². The van der Waals surface area contributed by atoms with Gasteiger partial charge >= 0.3 is 0 Å². The molecule has 3 heterocycles. The number of benzene rings is 1. The highest BCUT2D eigenvalue weighted by Crippen LogP contribution is 2.29. The summed E-state index contributed by atoms with van der Waals surface area (Å²) in [7, 11) is 0. The van der Waals surface area contributed by atoms with Crippen LogP contribution in [0.25, 0.3) is 0 Å². The molecule has 1 saturated heterocycles. The van der Waals surface area contributed by atoms with Gasteiger partial charge in [-0.3, -0.25) is 9.59 Å². The molecular weight excluding hydrogens is 376 g/mol. The van der Waals surface area contributed by atoms with Gasteiger partial charge in [0.2, 0.25) is 0 Å². The fourth-order valence-corrected chi connectivity index (χ4v) is 4.44. The fraction of sp³-hybridized carbons (Fsp3) is 0.429. The van der Waals surface area contributed by atoms with Crippen molar-refractivity contribution < 1.29 is 19.1 Å².